The summed E-state index contributed by atoms with van der Waals surface area (Å²) in [7, 11) is 4.55. The molecule has 1 aliphatic rings. The lowest BCUT2D eigenvalue weighted by Crippen LogP contribution is -2.37. The average Bonchev–Trinajstić information content (AvgIpc) is 2.77. The van der Waals surface area contributed by atoms with E-state index in [0.717, 1.165) is 13.1 Å². The first-order valence-electron chi connectivity index (χ1n) is 9.14. The van der Waals surface area contributed by atoms with Crippen LogP contribution >= 0.6 is 0 Å². The zero-order valence-corrected chi connectivity index (χ0v) is 16.7. The van der Waals surface area contributed by atoms with Crippen LogP contribution in [0.1, 0.15) is 5.69 Å². The summed E-state index contributed by atoms with van der Waals surface area (Å²) in [4.78, 5) is 23.2. The second kappa shape index (κ2) is 9.78. The van der Waals surface area contributed by atoms with Crippen molar-refractivity contribution in [1.29, 1.82) is 0 Å². The summed E-state index contributed by atoms with van der Waals surface area (Å²) in [6.45, 7) is 3.07. The largest absolute Gasteiger partial charge is 0.493 e. The van der Waals surface area contributed by atoms with Gasteiger partial charge in [0.25, 0.3) is 0 Å². The summed E-state index contributed by atoms with van der Waals surface area (Å²) in [6, 6.07) is 4.69. The zero-order valence-electron chi connectivity index (χ0n) is 16.7. The van der Waals surface area contributed by atoms with E-state index in [2.05, 4.69) is 25.5 Å². The minimum atomic E-state index is -0.384. The fourth-order valence-electron chi connectivity index (χ4n) is 2.90. The van der Waals surface area contributed by atoms with Crippen molar-refractivity contribution in [3.63, 3.8) is 0 Å². The third kappa shape index (κ3) is 5.17. The predicted molar refractivity (Wildman–Crippen MR) is 107 cm³/mol. The average molecular weight is 403 g/mol. The third-order valence-electron chi connectivity index (χ3n) is 4.35. The molecule has 2 aromatic rings. The van der Waals surface area contributed by atoms with Crippen LogP contribution in [0.4, 0.5) is 16.4 Å². The van der Waals surface area contributed by atoms with Crippen LogP contribution in [0, 0.1) is 0 Å². The lowest BCUT2D eigenvalue weighted by molar-refractivity contribution is 0.122. The maximum Gasteiger partial charge on any atom is 0.319 e. The van der Waals surface area contributed by atoms with E-state index in [1.165, 1.54) is 21.3 Å². The molecule has 3 rings (SSSR count). The Kier molecular flexibility index (Phi) is 6.90. The molecule has 1 saturated heterocycles. The van der Waals surface area contributed by atoms with Gasteiger partial charge in [-0.2, -0.15) is 0 Å². The first-order chi connectivity index (χ1) is 14.1. The number of nitrogens with zero attached hydrogens (tertiary/aromatic N) is 3. The van der Waals surface area contributed by atoms with Crippen LogP contribution in [0.3, 0.4) is 0 Å². The van der Waals surface area contributed by atoms with Crippen LogP contribution in [0.25, 0.3) is 0 Å². The van der Waals surface area contributed by atoms with Crippen molar-refractivity contribution in [2.45, 2.75) is 6.54 Å². The van der Waals surface area contributed by atoms with Gasteiger partial charge in [-0.15, -0.1) is 0 Å². The van der Waals surface area contributed by atoms with Gasteiger partial charge >= 0.3 is 6.03 Å². The highest BCUT2D eigenvalue weighted by Gasteiger charge is 2.16. The number of rotatable bonds is 7. The van der Waals surface area contributed by atoms with E-state index in [9.17, 15) is 4.79 Å². The maximum atomic E-state index is 12.3. The van der Waals surface area contributed by atoms with Crippen LogP contribution in [0.15, 0.2) is 24.4 Å². The number of benzene rings is 1. The number of hydrogen-bond donors (Lipinski definition) is 2. The van der Waals surface area contributed by atoms with E-state index in [1.54, 1.807) is 24.4 Å². The summed E-state index contributed by atoms with van der Waals surface area (Å²) in [6.07, 6.45) is 1.69. The number of hydrogen-bond acceptors (Lipinski definition) is 8. The number of ether oxygens (including phenoxy) is 4. The normalized spacial score (nSPS) is 13.6. The summed E-state index contributed by atoms with van der Waals surface area (Å²) >= 11 is 0. The molecule has 10 heteroatoms. The second-order valence-electron chi connectivity index (χ2n) is 6.17. The van der Waals surface area contributed by atoms with Crippen molar-refractivity contribution in [3.8, 4) is 17.2 Å². The standard InChI is InChI=1S/C19H25N5O5/c1-26-15-10-14(11-16(27-2)17(15)28-3)23-19(25)21-12-13-4-5-20-18(22-13)24-6-8-29-9-7-24/h4-5,10-11H,6-9,12H2,1-3H3,(H2,21,23,25). The van der Waals surface area contributed by atoms with Crippen LogP contribution in [-0.2, 0) is 11.3 Å². The number of carbonyl (C=O) groups is 1. The van der Waals surface area contributed by atoms with E-state index in [-0.39, 0.29) is 12.6 Å². The third-order valence-corrected chi connectivity index (χ3v) is 4.35. The first-order valence-corrected chi connectivity index (χ1v) is 9.14. The van der Waals surface area contributed by atoms with Crippen molar-refractivity contribution in [2.24, 2.45) is 0 Å². The molecule has 10 nitrogen and oxygen atoms in total. The van der Waals surface area contributed by atoms with Crippen LogP contribution < -0.4 is 29.7 Å². The van der Waals surface area contributed by atoms with Gasteiger partial charge in [0.05, 0.1) is 52.5 Å². The first kappa shape index (κ1) is 20.5. The summed E-state index contributed by atoms with van der Waals surface area (Å²) < 4.78 is 21.2. The van der Waals surface area contributed by atoms with Crippen LogP contribution in [0.5, 0.6) is 17.2 Å². The Hall–Kier alpha value is -3.27. The van der Waals surface area contributed by atoms with E-state index >= 15 is 0 Å². The lowest BCUT2D eigenvalue weighted by Gasteiger charge is -2.26. The molecule has 156 valence electrons. The number of morpholine rings is 1. The van der Waals surface area contributed by atoms with Gasteiger partial charge in [0.15, 0.2) is 11.5 Å². The Morgan fingerprint density at radius 2 is 1.83 bits per heavy atom. The van der Waals surface area contributed by atoms with E-state index in [4.69, 9.17) is 18.9 Å². The molecule has 1 aliphatic heterocycles. The highest BCUT2D eigenvalue weighted by molar-refractivity contribution is 5.90. The fourth-order valence-corrected chi connectivity index (χ4v) is 2.90. The Morgan fingerprint density at radius 1 is 1.14 bits per heavy atom. The number of carbonyl (C=O) groups excluding carboxylic acids is 1. The Morgan fingerprint density at radius 3 is 2.45 bits per heavy atom. The lowest BCUT2D eigenvalue weighted by atomic mass is 10.2. The van der Waals surface area contributed by atoms with Crippen molar-refractivity contribution < 1.29 is 23.7 Å². The van der Waals surface area contributed by atoms with E-state index in [0.29, 0.717) is 47.8 Å². The van der Waals surface area contributed by atoms with Gasteiger partial charge in [0.2, 0.25) is 11.7 Å². The second-order valence-corrected chi connectivity index (χ2v) is 6.17. The number of nitrogens with one attached hydrogen (secondary N) is 2. The summed E-state index contributed by atoms with van der Waals surface area (Å²) in [5.41, 5.74) is 1.22. The molecule has 2 amide bonds. The smallest absolute Gasteiger partial charge is 0.319 e. The molecule has 1 aromatic heterocycles. The molecule has 0 aliphatic carbocycles. The number of amides is 2. The molecule has 2 heterocycles. The van der Waals surface area contributed by atoms with Crippen molar-refractivity contribution in [1.82, 2.24) is 15.3 Å². The van der Waals surface area contributed by atoms with E-state index < -0.39 is 0 Å². The van der Waals surface area contributed by atoms with Crippen LogP contribution in [0.2, 0.25) is 0 Å². The van der Waals surface area contributed by atoms with Crippen molar-refractivity contribution >= 4 is 17.7 Å². The van der Waals surface area contributed by atoms with Crippen LogP contribution in [-0.4, -0.2) is 63.6 Å². The molecule has 1 fully saturated rings. The molecule has 29 heavy (non-hydrogen) atoms. The van der Waals surface area contributed by atoms with Gasteiger partial charge in [-0.3, -0.25) is 0 Å². The highest BCUT2D eigenvalue weighted by Crippen LogP contribution is 2.39. The summed E-state index contributed by atoms with van der Waals surface area (Å²) in [5, 5.41) is 5.54. The highest BCUT2D eigenvalue weighted by atomic mass is 16.5. The number of methoxy groups -OCH3 is 3. The number of aromatic nitrogens is 2. The minimum Gasteiger partial charge on any atom is -0.493 e. The Bertz CT molecular complexity index is 816. The molecule has 1 aromatic carbocycles. The van der Waals surface area contributed by atoms with Crippen molar-refractivity contribution in [2.75, 3.05) is 57.8 Å². The molecular formula is C19H25N5O5. The molecule has 0 atom stereocenters. The number of urea groups is 1. The molecule has 0 saturated carbocycles. The van der Waals surface area contributed by atoms with Gasteiger partial charge < -0.3 is 34.5 Å². The predicted octanol–water partition coefficient (Wildman–Crippen LogP) is 1.66. The molecule has 0 bridgehead atoms. The van der Waals surface area contributed by atoms with Gasteiger partial charge in [-0.1, -0.05) is 0 Å². The van der Waals surface area contributed by atoms with Gasteiger partial charge in [0, 0.05) is 31.4 Å². The van der Waals surface area contributed by atoms with Gasteiger partial charge in [-0.05, 0) is 6.07 Å². The molecule has 0 unspecified atom stereocenters. The van der Waals surface area contributed by atoms with Crippen molar-refractivity contribution in [3.05, 3.63) is 30.1 Å². The van der Waals surface area contributed by atoms with Gasteiger partial charge in [-0.25, -0.2) is 14.8 Å². The monoisotopic (exact) mass is 403 g/mol. The Labute approximate surface area is 169 Å². The van der Waals surface area contributed by atoms with E-state index in [1.807, 2.05) is 0 Å². The fraction of sp³-hybridized carbons (Fsp3) is 0.421. The molecule has 0 spiro atoms. The topological polar surface area (TPSA) is 107 Å². The zero-order chi connectivity index (χ0) is 20.6. The molecule has 2 N–H and O–H groups in total. The quantitative estimate of drug-likeness (QED) is 0.719. The molecule has 0 radical (unpaired) electrons. The minimum absolute atomic E-state index is 0.260. The van der Waals surface area contributed by atoms with Gasteiger partial charge in [0.1, 0.15) is 0 Å². The number of anilines is 2. The molecular weight excluding hydrogens is 378 g/mol. The SMILES string of the molecule is COc1cc(NC(=O)NCc2ccnc(N3CCOCC3)n2)cc(OC)c1OC. The maximum absolute atomic E-state index is 12.3. The summed E-state index contributed by atoms with van der Waals surface area (Å²) in [5.74, 6) is 2.00. The Balaban J connectivity index is 1.61.